The Morgan fingerprint density at radius 1 is 1.39 bits per heavy atom. The molecule has 5 nitrogen and oxygen atoms in total. The maximum absolute atomic E-state index is 12.7. The van der Waals surface area contributed by atoms with Gasteiger partial charge in [-0.25, -0.2) is 4.98 Å². The van der Waals surface area contributed by atoms with Crippen molar-refractivity contribution < 1.29 is 9.59 Å². The van der Waals surface area contributed by atoms with Crippen molar-refractivity contribution in [2.24, 2.45) is 0 Å². The summed E-state index contributed by atoms with van der Waals surface area (Å²) >= 11 is 1.45. The van der Waals surface area contributed by atoms with Crippen molar-refractivity contribution in [3.63, 3.8) is 0 Å². The van der Waals surface area contributed by atoms with Gasteiger partial charge >= 0.3 is 0 Å². The third-order valence-electron chi connectivity index (χ3n) is 3.83. The van der Waals surface area contributed by atoms with E-state index in [1.165, 1.54) is 18.7 Å². The molecule has 2 aromatic heterocycles. The van der Waals surface area contributed by atoms with Crippen LogP contribution in [-0.4, -0.2) is 31.4 Å². The summed E-state index contributed by atoms with van der Waals surface area (Å²) in [6.45, 7) is 10.0. The van der Waals surface area contributed by atoms with Gasteiger partial charge in [0, 0.05) is 30.2 Å². The van der Waals surface area contributed by atoms with E-state index in [0.717, 1.165) is 29.4 Å². The fraction of sp³-hybridized carbons (Fsp3) is 0.471. The molecule has 0 saturated heterocycles. The highest BCUT2D eigenvalue weighted by molar-refractivity contribution is 8.00. The lowest BCUT2D eigenvalue weighted by atomic mass is 10.0. The third-order valence-corrected chi connectivity index (χ3v) is 4.95. The van der Waals surface area contributed by atoms with Crippen LogP contribution in [0.15, 0.2) is 17.6 Å². The van der Waals surface area contributed by atoms with Crippen LogP contribution in [-0.2, 0) is 6.54 Å². The molecule has 1 atom stereocenters. The molecular weight excluding hydrogens is 310 g/mol. The number of carbonyl (C=O) groups is 2. The van der Waals surface area contributed by atoms with Crippen LogP contribution >= 0.6 is 11.8 Å². The Hall–Kier alpha value is -1.82. The van der Waals surface area contributed by atoms with Crippen LogP contribution in [0.25, 0.3) is 0 Å². The number of aromatic nitrogens is 3. The third kappa shape index (κ3) is 3.58. The van der Waals surface area contributed by atoms with Crippen molar-refractivity contribution in [2.45, 2.75) is 58.0 Å². The molecule has 0 fully saturated rings. The molecule has 0 bridgehead atoms. The molecule has 1 N–H and O–H groups in total. The Kier molecular flexibility index (Phi) is 5.46. The van der Waals surface area contributed by atoms with Gasteiger partial charge in [0.25, 0.3) is 0 Å². The molecule has 0 aliphatic rings. The zero-order chi connectivity index (χ0) is 17.1. The van der Waals surface area contributed by atoms with Crippen LogP contribution < -0.4 is 0 Å². The summed E-state index contributed by atoms with van der Waals surface area (Å²) in [4.78, 5) is 31.9. The highest BCUT2D eigenvalue weighted by atomic mass is 32.2. The number of H-pyrrole nitrogens is 1. The van der Waals surface area contributed by atoms with Crippen molar-refractivity contribution in [1.82, 2.24) is 14.5 Å². The Balaban J connectivity index is 2.22. The number of thioether (sulfide) groups is 1. The van der Waals surface area contributed by atoms with Gasteiger partial charge in [0.05, 0.1) is 10.9 Å². The Labute approximate surface area is 140 Å². The Bertz CT molecular complexity index is 730. The minimum atomic E-state index is -0.274. The van der Waals surface area contributed by atoms with Gasteiger partial charge in [0.15, 0.2) is 16.7 Å². The second-order valence-electron chi connectivity index (χ2n) is 5.71. The Morgan fingerprint density at radius 3 is 2.65 bits per heavy atom. The molecule has 0 aliphatic heterocycles. The van der Waals surface area contributed by atoms with E-state index >= 15 is 0 Å². The predicted octanol–water partition coefficient (Wildman–Crippen LogP) is 3.80. The molecule has 0 aliphatic carbocycles. The molecule has 2 aromatic rings. The van der Waals surface area contributed by atoms with Gasteiger partial charge in [-0.15, -0.1) is 0 Å². The number of imidazole rings is 1. The normalized spacial score (nSPS) is 12.4. The average molecular weight is 333 g/mol. The lowest BCUT2D eigenvalue weighted by Gasteiger charge is -2.11. The van der Waals surface area contributed by atoms with E-state index < -0.39 is 0 Å². The minimum Gasteiger partial charge on any atom is -0.355 e. The van der Waals surface area contributed by atoms with E-state index in [1.807, 2.05) is 27.0 Å². The average Bonchev–Trinajstić information content (AvgIpc) is 3.03. The van der Waals surface area contributed by atoms with Crippen molar-refractivity contribution in [3.8, 4) is 0 Å². The van der Waals surface area contributed by atoms with Crippen molar-refractivity contribution in [2.75, 3.05) is 0 Å². The van der Waals surface area contributed by atoms with Gasteiger partial charge in [0.2, 0.25) is 0 Å². The number of carbonyl (C=O) groups excluding carboxylic acids is 2. The summed E-state index contributed by atoms with van der Waals surface area (Å²) in [6, 6.07) is 0. The highest BCUT2D eigenvalue weighted by Crippen LogP contribution is 2.27. The molecule has 0 aromatic carbocycles. The molecule has 0 saturated carbocycles. The van der Waals surface area contributed by atoms with E-state index in [2.05, 4.69) is 21.5 Å². The summed E-state index contributed by atoms with van der Waals surface area (Å²) in [5, 5.41) is 0.574. The molecule has 124 valence electrons. The van der Waals surface area contributed by atoms with Crippen LogP contribution in [0.2, 0.25) is 0 Å². The molecule has 0 spiro atoms. The number of rotatable bonds is 7. The largest absolute Gasteiger partial charge is 0.355 e. The monoisotopic (exact) mass is 333 g/mol. The first kappa shape index (κ1) is 17.5. The Morgan fingerprint density at radius 2 is 2.09 bits per heavy atom. The van der Waals surface area contributed by atoms with E-state index in [1.54, 1.807) is 6.20 Å². The summed E-state index contributed by atoms with van der Waals surface area (Å²) < 4.78 is 2.06. The van der Waals surface area contributed by atoms with Gasteiger partial charge in [-0.2, -0.15) is 0 Å². The van der Waals surface area contributed by atoms with Gasteiger partial charge < -0.3 is 9.55 Å². The van der Waals surface area contributed by atoms with E-state index in [-0.39, 0.29) is 16.8 Å². The van der Waals surface area contributed by atoms with Gasteiger partial charge in [-0.05, 0) is 39.7 Å². The zero-order valence-electron chi connectivity index (χ0n) is 14.3. The van der Waals surface area contributed by atoms with E-state index in [9.17, 15) is 9.59 Å². The SMILES string of the molecule is CCCn1ccnc1S[C@@H](C)C(=O)c1[nH]c(C)c(C(C)=O)c1C. The first-order chi connectivity index (χ1) is 10.9. The van der Waals surface area contributed by atoms with Crippen molar-refractivity contribution >= 4 is 23.3 Å². The minimum absolute atomic E-state index is 0.00542. The first-order valence-electron chi connectivity index (χ1n) is 7.78. The molecule has 0 amide bonds. The fourth-order valence-electron chi connectivity index (χ4n) is 2.76. The smallest absolute Gasteiger partial charge is 0.192 e. The fourth-order valence-corrected chi connectivity index (χ4v) is 3.71. The number of nitrogens with zero attached hydrogens (tertiary/aromatic N) is 2. The van der Waals surface area contributed by atoms with Crippen molar-refractivity contribution in [1.29, 1.82) is 0 Å². The van der Waals surface area contributed by atoms with Gasteiger partial charge in [0.1, 0.15) is 0 Å². The number of hydrogen-bond donors (Lipinski definition) is 1. The zero-order valence-corrected chi connectivity index (χ0v) is 15.1. The molecule has 23 heavy (non-hydrogen) atoms. The highest BCUT2D eigenvalue weighted by Gasteiger charge is 2.25. The number of nitrogens with one attached hydrogen (secondary N) is 1. The van der Waals surface area contributed by atoms with Crippen LogP contribution in [0, 0.1) is 13.8 Å². The van der Waals surface area contributed by atoms with Gasteiger partial charge in [-0.1, -0.05) is 18.7 Å². The molecule has 0 radical (unpaired) electrons. The predicted molar refractivity (Wildman–Crippen MR) is 92.4 cm³/mol. The van der Waals surface area contributed by atoms with Gasteiger partial charge in [-0.3, -0.25) is 9.59 Å². The molecular formula is C17H23N3O2S. The summed E-state index contributed by atoms with van der Waals surface area (Å²) in [6.07, 6.45) is 4.71. The topological polar surface area (TPSA) is 67.8 Å². The lowest BCUT2D eigenvalue weighted by molar-refractivity contribution is 0.0988. The first-order valence-corrected chi connectivity index (χ1v) is 8.66. The number of Topliss-reactive ketones (excluding diaryl/α,β-unsaturated/α-hetero) is 2. The van der Waals surface area contributed by atoms with Crippen molar-refractivity contribution in [3.05, 3.63) is 34.9 Å². The lowest BCUT2D eigenvalue weighted by Crippen LogP contribution is -2.16. The van der Waals surface area contributed by atoms with Crippen LogP contribution in [0.5, 0.6) is 0 Å². The molecule has 2 heterocycles. The summed E-state index contributed by atoms with van der Waals surface area (Å²) in [5.74, 6) is -0.0248. The summed E-state index contributed by atoms with van der Waals surface area (Å²) in [5.41, 5.74) is 2.65. The molecule has 6 heteroatoms. The number of hydrogen-bond acceptors (Lipinski definition) is 4. The van der Waals surface area contributed by atoms with Crippen LogP contribution in [0.3, 0.4) is 0 Å². The number of aromatic amines is 1. The number of ketones is 2. The molecule has 0 unspecified atom stereocenters. The van der Waals surface area contributed by atoms with Crippen LogP contribution in [0.1, 0.15) is 59.3 Å². The van der Waals surface area contributed by atoms with E-state index in [0.29, 0.717) is 11.3 Å². The maximum atomic E-state index is 12.7. The quantitative estimate of drug-likeness (QED) is 0.618. The second kappa shape index (κ2) is 7.17. The summed E-state index contributed by atoms with van der Waals surface area (Å²) in [7, 11) is 0. The standard InChI is InChI=1S/C17H23N3O2S/c1-6-8-20-9-7-18-17(20)23-13(5)16(22)15-10(2)14(12(4)21)11(3)19-15/h7,9,13,19H,6,8H2,1-5H3/t13-/m0/s1. The molecule has 2 rings (SSSR count). The maximum Gasteiger partial charge on any atom is 0.192 e. The second-order valence-corrected chi connectivity index (χ2v) is 7.02. The van der Waals surface area contributed by atoms with E-state index in [4.69, 9.17) is 0 Å². The number of aryl methyl sites for hydroxylation is 2. The van der Waals surface area contributed by atoms with Crippen LogP contribution in [0.4, 0.5) is 0 Å².